The van der Waals surface area contributed by atoms with Gasteiger partial charge in [0.15, 0.2) is 0 Å². The molecule has 0 atom stereocenters. The van der Waals surface area contributed by atoms with E-state index >= 15 is 0 Å². The van der Waals surface area contributed by atoms with Crippen molar-refractivity contribution in [2.75, 3.05) is 44.4 Å². The van der Waals surface area contributed by atoms with Gasteiger partial charge in [0, 0.05) is 34.3 Å². The van der Waals surface area contributed by atoms with E-state index in [-0.39, 0.29) is 5.91 Å². The number of carbonyl (C=O) groups is 1. The maximum absolute atomic E-state index is 13.7. The van der Waals surface area contributed by atoms with Gasteiger partial charge in [0.25, 0.3) is 5.91 Å². The zero-order chi connectivity index (χ0) is 27.2. The Bertz CT molecular complexity index is 1330. The first kappa shape index (κ1) is 29.4. The predicted molar refractivity (Wildman–Crippen MR) is 151 cm³/mol. The summed E-state index contributed by atoms with van der Waals surface area (Å²) in [6.45, 7) is 4.04. The number of aromatic amines is 1. The van der Waals surface area contributed by atoms with Crippen molar-refractivity contribution in [1.82, 2.24) is 19.8 Å². The number of sulfonamides is 1. The lowest BCUT2D eigenvalue weighted by molar-refractivity contribution is 0.0980. The highest BCUT2D eigenvalue weighted by Crippen LogP contribution is 2.31. The van der Waals surface area contributed by atoms with Crippen molar-refractivity contribution in [2.45, 2.75) is 19.8 Å². The van der Waals surface area contributed by atoms with Gasteiger partial charge in [-0.2, -0.15) is 5.10 Å². The summed E-state index contributed by atoms with van der Waals surface area (Å²) in [5.41, 5.74) is 3.16. The SMILES string of the molecule is Cc1c(-c2ccc(Cl)cc2)n[nH]c1C(=O)N(CCCN(C)CCCNS(C)(=O)=O)c1ccc(Cl)cc1Cl. The molecule has 0 fully saturated rings. The summed E-state index contributed by atoms with van der Waals surface area (Å²) in [7, 11) is -1.24. The quantitative estimate of drug-likeness (QED) is 0.282. The topological polar surface area (TPSA) is 98.4 Å². The molecule has 0 aliphatic heterocycles. The van der Waals surface area contributed by atoms with Gasteiger partial charge in [-0.25, -0.2) is 13.1 Å². The molecule has 2 N–H and O–H groups in total. The molecule has 200 valence electrons. The Morgan fingerprint density at radius 3 is 2.30 bits per heavy atom. The molecule has 1 heterocycles. The molecule has 1 aromatic heterocycles. The molecular formula is C25H30Cl3N5O3S. The number of aromatic nitrogens is 2. The Balaban J connectivity index is 1.75. The number of hydrogen-bond donors (Lipinski definition) is 2. The Morgan fingerprint density at radius 1 is 1.00 bits per heavy atom. The van der Waals surface area contributed by atoms with Crippen LogP contribution in [0.15, 0.2) is 42.5 Å². The second-order valence-corrected chi connectivity index (χ2v) is 11.9. The zero-order valence-electron chi connectivity index (χ0n) is 20.9. The van der Waals surface area contributed by atoms with Crippen molar-refractivity contribution in [3.63, 3.8) is 0 Å². The molecule has 3 rings (SSSR count). The minimum atomic E-state index is -3.19. The Kier molecular flexibility index (Phi) is 10.4. The van der Waals surface area contributed by atoms with Crippen molar-refractivity contribution in [1.29, 1.82) is 0 Å². The van der Waals surface area contributed by atoms with E-state index in [4.69, 9.17) is 34.8 Å². The van der Waals surface area contributed by atoms with E-state index in [0.29, 0.717) is 71.2 Å². The second kappa shape index (κ2) is 13.1. The molecule has 8 nitrogen and oxygen atoms in total. The highest BCUT2D eigenvalue weighted by atomic mass is 35.5. The van der Waals surface area contributed by atoms with Crippen LogP contribution in [0.4, 0.5) is 5.69 Å². The molecule has 0 unspecified atom stereocenters. The molecular weight excluding hydrogens is 557 g/mol. The third kappa shape index (κ3) is 8.43. The van der Waals surface area contributed by atoms with Crippen LogP contribution in [-0.2, 0) is 10.0 Å². The molecule has 0 radical (unpaired) electrons. The monoisotopic (exact) mass is 585 g/mol. The minimum Gasteiger partial charge on any atom is -0.306 e. The third-order valence-corrected chi connectivity index (χ3v) is 7.31. The fourth-order valence-electron chi connectivity index (χ4n) is 3.88. The molecule has 0 aliphatic carbocycles. The van der Waals surface area contributed by atoms with E-state index in [2.05, 4.69) is 19.8 Å². The molecule has 0 spiro atoms. The van der Waals surface area contributed by atoms with Crippen LogP contribution in [0.1, 0.15) is 28.9 Å². The van der Waals surface area contributed by atoms with Crippen molar-refractivity contribution < 1.29 is 13.2 Å². The molecule has 37 heavy (non-hydrogen) atoms. The number of rotatable bonds is 12. The van der Waals surface area contributed by atoms with Crippen LogP contribution in [0, 0.1) is 6.92 Å². The summed E-state index contributed by atoms with van der Waals surface area (Å²) in [5, 5.41) is 8.76. The minimum absolute atomic E-state index is 0.255. The number of benzene rings is 2. The summed E-state index contributed by atoms with van der Waals surface area (Å²) < 4.78 is 24.9. The fraction of sp³-hybridized carbons (Fsp3) is 0.360. The highest BCUT2D eigenvalue weighted by molar-refractivity contribution is 7.88. The Morgan fingerprint density at radius 2 is 1.65 bits per heavy atom. The summed E-state index contributed by atoms with van der Waals surface area (Å²) in [6.07, 6.45) is 2.48. The standard InChI is InChI=1S/C25H30Cl3N5O3S/c1-17-23(18-6-8-19(26)9-7-18)30-31-24(17)25(34)33(22-11-10-20(27)16-21(22)28)15-5-14-32(2)13-4-12-29-37(3,35)36/h6-11,16,29H,4-5,12-15H2,1-3H3,(H,30,31). The largest absolute Gasteiger partial charge is 0.306 e. The molecule has 2 aromatic carbocycles. The van der Waals surface area contributed by atoms with Crippen LogP contribution in [0.3, 0.4) is 0 Å². The lowest BCUT2D eigenvalue weighted by atomic mass is 10.1. The van der Waals surface area contributed by atoms with Gasteiger partial charge in [0.2, 0.25) is 10.0 Å². The molecule has 1 amide bonds. The molecule has 0 saturated carbocycles. The van der Waals surface area contributed by atoms with E-state index in [1.165, 1.54) is 0 Å². The number of H-pyrrole nitrogens is 1. The lowest BCUT2D eigenvalue weighted by Gasteiger charge is -2.25. The van der Waals surface area contributed by atoms with Crippen molar-refractivity contribution in [2.24, 2.45) is 0 Å². The predicted octanol–water partition coefficient (Wildman–Crippen LogP) is 5.25. The van der Waals surface area contributed by atoms with Gasteiger partial charge in [0.05, 0.1) is 22.7 Å². The Hall–Kier alpha value is -2.14. The smallest absolute Gasteiger partial charge is 0.276 e. The second-order valence-electron chi connectivity index (χ2n) is 8.81. The first-order valence-corrected chi connectivity index (χ1v) is 14.7. The summed E-state index contributed by atoms with van der Waals surface area (Å²) in [5.74, 6) is -0.255. The van der Waals surface area contributed by atoms with Crippen LogP contribution in [0.5, 0.6) is 0 Å². The number of anilines is 1. The van der Waals surface area contributed by atoms with Crippen LogP contribution < -0.4 is 9.62 Å². The highest BCUT2D eigenvalue weighted by Gasteiger charge is 2.25. The van der Waals surface area contributed by atoms with E-state index in [1.54, 1.807) is 35.2 Å². The average molecular weight is 587 g/mol. The van der Waals surface area contributed by atoms with Crippen LogP contribution in [0.2, 0.25) is 15.1 Å². The van der Waals surface area contributed by atoms with E-state index in [1.807, 2.05) is 26.1 Å². The number of hydrogen-bond acceptors (Lipinski definition) is 5. The van der Waals surface area contributed by atoms with E-state index in [9.17, 15) is 13.2 Å². The van der Waals surface area contributed by atoms with Gasteiger partial charge in [-0.3, -0.25) is 9.89 Å². The summed E-state index contributed by atoms with van der Waals surface area (Å²) >= 11 is 18.6. The number of nitrogens with one attached hydrogen (secondary N) is 2. The number of amides is 1. The van der Waals surface area contributed by atoms with Gasteiger partial charge in [-0.15, -0.1) is 0 Å². The molecule has 0 saturated heterocycles. The maximum Gasteiger partial charge on any atom is 0.276 e. The van der Waals surface area contributed by atoms with Crippen molar-refractivity contribution >= 4 is 56.4 Å². The van der Waals surface area contributed by atoms with Gasteiger partial charge < -0.3 is 9.80 Å². The Labute approximate surface area is 232 Å². The normalized spacial score (nSPS) is 11.8. The number of nitrogens with zero attached hydrogens (tertiary/aromatic N) is 3. The summed E-state index contributed by atoms with van der Waals surface area (Å²) in [6, 6.07) is 12.3. The van der Waals surface area contributed by atoms with Crippen LogP contribution in [-0.4, -0.2) is 68.9 Å². The van der Waals surface area contributed by atoms with Gasteiger partial charge in [-0.05, 0) is 70.2 Å². The van der Waals surface area contributed by atoms with Crippen LogP contribution in [0.25, 0.3) is 11.3 Å². The third-order valence-electron chi connectivity index (χ3n) is 5.79. The fourth-order valence-corrected chi connectivity index (χ4v) is 5.03. The van der Waals surface area contributed by atoms with E-state index < -0.39 is 10.0 Å². The zero-order valence-corrected chi connectivity index (χ0v) is 24.0. The number of halogens is 3. The van der Waals surface area contributed by atoms with Gasteiger partial charge in [-0.1, -0.05) is 46.9 Å². The average Bonchev–Trinajstić information content (AvgIpc) is 3.21. The van der Waals surface area contributed by atoms with Crippen molar-refractivity contribution in [3.8, 4) is 11.3 Å². The van der Waals surface area contributed by atoms with E-state index in [0.717, 1.165) is 17.4 Å². The molecule has 12 heteroatoms. The van der Waals surface area contributed by atoms with Crippen molar-refractivity contribution in [3.05, 3.63) is 68.8 Å². The van der Waals surface area contributed by atoms with Gasteiger partial charge in [0.1, 0.15) is 5.69 Å². The first-order valence-electron chi connectivity index (χ1n) is 11.7. The first-order chi connectivity index (χ1) is 17.5. The van der Waals surface area contributed by atoms with Crippen LogP contribution >= 0.6 is 34.8 Å². The number of carbonyl (C=O) groups excluding carboxylic acids is 1. The summed E-state index contributed by atoms with van der Waals surface area (Å²) in [4.78, 5) is 17.5. The molecule has 0 bridgehead atoms. The molecule has 3 aromatic rings. The maximum atomic E-state index is 13.7. The lowest BCUT2D eigenvalue weighted by Crippen LogP contribution is -2.35. The molecule has 0 aliphatic rings. The van der Waals surface area contributed by atoms with Gasteiger partial charge >= 0.3 is 0 Å².